The Kier molecular flexibility index (Phi) is 13.7. The van der Waals surface area contributed by atoms with Crippen molar-refractivity contribution >= 4 is 29.3 Å². The Hall–Kier alpha value is -5.70. The predicted octanol–water partition coefficient (Wildman–Crippen LogP) is 1.91. The highest BCUT2D eigenvalue weighted by Gasteiger charge is 2.26. The molecule has 48 heavy (non-hydrogen) atoms. The van der Waals surface area contributed by atoms with Gasteiger partial charge in [0.1, 0.15) is 23.3 Å². The van der Waals surface area contributed by atoms with Crippen LogP contribution in [0.3, 0.4) is 0 Å². The van der Waals surface area contributed by atoms with Gasteiger partial charge in [-0.3, -0.25) is 29.3 Å². The Balaban J connectivity index is 1.51. The minimum atomic E-state index is -1.02. The molecular formula is C33H40N6O9. The van der Waals surface area contributed by atoms with Crippen LogP contribution >= 0.6 is 0 Å². The largest absolute Gasteiger partial charge is 0.497 e. The summed E-state index contributed by atoms with van der Waals surface area (Å²) in [5, 5.41) is 24.7. The summed E-state index contributed by atoms with van der Waals surface area (Å²) in [5.41, 5.74) is 1.71. The van der Waals surface area contributed by atoms with Gasteiger partial charge in [-0.2, -0.15) is 0 Å². The highest BCUT2D eigenvalue weighted by atomic mass is 16.6. The maximum atomic E-state index is 12.7. The van der Waals surface area contributed by atoms with Crippen LogP contribution in [0.5, 0.6) is 17.2 Å². The molecular weight excluding hydrogens is 624 g/mol. The molecule has 0 aliphatic rings. The molecule has 0 bridgehead atoms. The molecule has 0 aromatic heterocycles. The lowest BCUT2D eigenvalue weighted by Gasteiger charge is -2.21. The van der Waals surface area contributed by atoms with Gasteiger partial charge in [-0.1, -0.05) is 30.3 Å². The van der Waals surface area contributed by atoms with Gasteiger partial charge in [-0.05, 0) is 43.8 Å². The fourth-order valence-corrected chi connectivity index (χ4v) is 4.85. The highest BCUT2D eigenvalue weighted by Crippen LogP contribution is 2.33. The molecule has 0 saturated carbocycles. The first-order chi connectivity index (χ1) is 23.0. The van der Waals surface area contributed by atoms with Crippen LogP contribution in [0, 0.1) is 10.1 Å². The van der Waals surface area contributed by atoms with E-state index in [1.807, 2.05) is 31.3 Å². The number of hydrogen-bond acceptors (Lipinski definition) is 10. The first-order valence-electron chi connectivity index (χ1n) is 14.9. The maximum Gasteiger partial charge on any atom is 0.274 e. The van der Waals surface area contributed by atoms with Crippen molar-refractivity contribution in [3.05, 3.63) is 93.5 Å². The summed E-state index contributed by atoms with van der Waals surface area (Å²) < 4.78 is 16.4. The summed E-state index contributed by atoms with van der Waals surface area (Å²) in [7, 11) is 6.40. The summed E-state index contributed by atoms with van der Waals surface area (Å²) in [6.45, 7) is 0.575. The van der Waals surface area contributed by atoms with Gasteiger partial charge in [0.25, 0.3) is 11.6 Å². The van der Waals surface area contributed by atoms with Gasteiger partial charge in [0.2, 0.25) is 17.7 Å². The SMILES string of the molecule is CNC(=O)C[C@@H](NC(=O)CNC(=O)[C@H](C)NC(=O)COc1ccc([C@@H](NC)c2ccc(OC)cc2OC)cc1)c1ccccc1[N+](=O)[O-]. The van der Waals surface area contributed by atoms with Crippen LogP contribution in [0.2, 0.25) is 0 Å². The zero-order chi connectivity index (χ0) is 35.2. The molecule has 4 amide bonds. The second-order valence-corrected chi connectivity index (χ2v) is 10.5. The lowest BCUT2D eigenvalue weighted by Crippen LogP contribution is -2.48. The van der Waals surface area contributed by atoms with Crippen LogP contribution in [0.1, 0.15) is 42.1 Å². The van der Waals surface area contributed by atoms with E-state index in [2.05, 4.69) is 26.6 Å². The molecule has 3 aromatic rings. The van der Waals surface area contributed by atoms with E-state index >= 15 is 0 Å². The zero-order valence-corrected chi connectivity index (χ0v) is 27.3. The number of amides is 4. The number of rotatable bonds is 17. The van der Waals surface area contributed by atoms with Crippen molar-refractivity contribution < 1.29 is 38.3 Å². The zero-order valence-electron chi connectivity index (χ0n) is 27.3. The van der Waals surface area contributed by atoms with Crippen molar-refractivity contribution in [3.63, 3.8) is 0 Å². The van der Waals surface area contributed by atoms with Gasteiger partial charge in [0.15, 0.2) is 6.61 Å². The maximum absolute atomic E-state index is 12.7. The molecule has 0 heterocycles. The number of benzene rings is 3. The number of methoxy groups -OCH3 is 2. The standard InChI is InChI=1S/C33H40N6O9/c1-20(33(43)36-18-30(41)38-26(17-29(40)34-2)24-8-6-7-9-27(24)39(44)45)37-31(42)19-48-22-12-10-21(11-13-22)32(35-3)25-15-14-23(46-4)16-28(25)47-5/h6-16,20,26,32,35H,17-19H2,1-5H3,(H,34,40)(H,36,43)(H,37,42)(H,38,41)/t20-,26+,32+/m0/s1. The van der Waals surface area contributed by atoms with E-state index in [-0.39, 0.29) is 30.3 Å². The van der Waals surface area contributed by atoms with E-state index in [9.17, 15) is 29.3 Å². The van der Waals surface area contributed by atoms with Crippen molar-refractivity contribution in [1.29, 1.82) is 0 Å². The van der Waals surface area contributed by atoms with Gasteiger partial charge in [0, 0.05) is 24.7 Å². The number of nitro groups is 1. The van der Waals surface area contributed by atoms with Gasteiger partial charge < -0.3 is 40.8 Å². The molecule has 0 spiro atoms. The van der Waals surface area contributed by atoms with Crippen LogP contribution in [0.15, 0.2) is 66.7 Å². The third-order valence-corrected chi connectivity index (χ3v) is 7.33. The molecule has 0 aliphatic carbocycles. The molecule has 3 atom stereocenters. The Morgan fingerprint density at radius 1 is 0.833 bits per heavy atom. The summed E-state index contributed by atoms with van der Waals surface area (Å²) in [4.78, 5) is 60.7. The molecule has 3 aromatic carbocycles. The molecule has 0 radical (unpaired) electrons. The predicted molar refractivity (Wildman–Crippen MR) is 176 cm³/mol. The number of hydrogen-bond donors (Lipinski definition) is 5. The van der Waals surface area contributed by atoms with Crippen molar-refractivity contribution in [2.75, 3.05) is 41.5 Å². The first kappa shape index (κ1) is 36.8. The van der Waals surface area contributed by atoms with Gasteiger partial charge in [-0.15, -0.1) is 0 Å². The second kappa shape index (κ2) is 17.9. The second-order valence-electron chi connectivity index (χ2n) is 10.5. The van der Waals surface area contributed by atoms with Crippen LogP contribution < -0.4 is 40.8 Å². The Morgan fingerprint density at radius 3 is 2.15 bits per heavy atom. The lowest BCUT2D eigenvalue weighted by atomic mass is 9.97. The Morgan fingerprint density at radius 2 is 1.52 bits per heavy atom. The molecule has 0 unspecified atom stereocenters. The lowest BCUT2D eigenvalue weighted by molar-refractivity contribution is -0.385. The fourth-order valence-electron chi connectivity index (χ4n) is 4.85. The molecule has 256 valence electrons. The Labute approximate surface area is 277 Å². The smallest absolute Gasteiger partial charge is 0.274 e. The highest BCUT2D eigenvalue weighted by molar-refractivity contribution is 5.90. The molecule has 0 aliphatic heterocycles. The van der Waals surface area contributed by atoms with E-state index in [1.54, 1.807) is 38.5 Å². The molecule has 0 fully saturated rings. The van der Waals surface area contributed by atoms with E-state index < -0.39 is 47.2 Å². The summed E-state index contributed by atoms with van der Waals surface area (Å²) in [6.07, 6.45) is -0.260. The number of nitro benzene ring substituents is 1. The normalized spacial score (nSPS) is 12.4. The average Bonchev–Trinajstić information content (AvgIpc) is 3.10. The third-order valence-electron chi connectivity index (χ3n) is 7.33. The summed E-state index contributed by atoms with van der Waals surface area (Å²) in [5.74, 6) is -0.587. The summed E-state index contributed by atoms with van der Waals surface area (Å²) in [6, 6.07) is 16.2. The van der Waals surface area contributed by atoms with Crippen LogP contribution in [0.25, 0.3) is 0 Å². The van der Waals surface area contributed by atoms with Crippen molar-refractivity contribution in [2.45, 2.75) is 31.5 Å². The number of para-hydroxylation sites is 1. The van der Waals surface area contributed by atoms with Gasteiger partial charge >= 0.3 is 0 Å². The van der Waals surface area contributed by atoms with Crippen molar-refractivity contribution in [3.8, 4) is 17.2 Å². The number of carbonyl (C=O) groups is 4. The van der Waals surface area contributed by atoms with E-state index in [0.717, 1.165) is 11.1 Å². The third kappa shape index (κ3) is 10.2. The molecule has 3 rings (SSSR count). The topological polar surface area (TPSA) is 199 Å². The van der Waals surface area contributed by atoms with Crippen molar-refractivity contribution in [2.24, 2.45) is 0 Å². The Bertz CT molecular complexity index is 1600. The number of nitrogens with one attached hydrogen (secondary N) is 5. The monoisotopic (exact) mass is 664 g/mol. The van der Waals surface area contributed by atoms with E-state index in [1.165, 1.54) is 32.2 Å². The van der Waals surface area contributed by atoms with Gasteiger partial charge in [-0.25, -0.2) is 0 Å². The fraction of sp³-hybridized carbons (Fsp3) is 0.333. The molecule has 15 nitrogen and oxygen atoms in total. The minimum Gasteiger partial charge on any atom is -0.497 e. The van der Waals surface area contributed by atoms with Gasteiger partial charge in [0.05, 0.1) is 49.8 Å². The number of ether oxygens (including phenoxy) is 3. The number of carbonyl (C=O) groups excluding carboxylic acids is 4. The first-order valence-corrected chi connectivity index (χ1v) is 14.9. The van der Waals surface area contributed by atoms with Crippen LogP contribution in [0.4, 0.5) is 5.69 Å². The average molecular weight is 665 g/mol. The molecule has 15 heteroatoms. The van der Waals surface area contributed by atoms with E-state index in [0.29, 0.717) is 17.2 Å². The van der Waals surface area contributed by atoms with Crippen LogP contribution in [-0.4, -0.2) is 76.1 Å². The number of nitrogens with zero attached hydrogens (tertiary/aromatic N) is 1. The van der Waals surface area contributed by atoms with E-state index in [4.69, 9.17) is 14.2 Å². The molecule has 5 N–H and O–H groups in total. The minimum absolute atomic E-state index is 0.139. The quantitative estimate of drug-likeness (QED) is 0.105. The van der Waals surface area contributed by atoms with Crippen LogP contribution in [-0.2, 0) is 19.2 Å². The summed E-state index contributed by atoms with van der Waals surface area (Å²) >= 11 is 0. The molecule has 0 saturated heterocycles. The van der Waals surface area contributed by atoms with Crippen molar-refractivity contribution in [1.82, 2.24) is 26.6 Å².